The van der Waals surface area contributed by atoms with E-state index in [2.05, 4.69) is 33.5 Å². The maximum absolute atomic E-state index is 13.6. The van der Waals surface area contributed by atoms with Crippen LogP contribution in [0.3, 0.4) is 0 Å². The number of Topliss-reactive ketones (excluding diaryl/α,β-unsaturated/α-hetero) is 2. The summed E-state index contributed by atoms with van der Waals surface area (Å²) in [4.78, 5) is 54.7. The number of nitrogens with two attached hydrogens (primary N) is 1. The summed E-state index contributed by atoms with van der Waals surface area (Å²) in [6.07, 6.45) is 10.7. The molecular weight excluding hydrogens is 584 g/mol. The zero-order valence-electron chi connectivity index (χ0n) is 28.8. The third kappa shape index (κ3) is 8.77. The first-order valence-electron chi connectivity index (χ1n) is 17.2. The van der Waals surface area contributed by atoms with E-state index in [1.165, 1.54) is 0 Å². The van der Waals surface area contributed by atoms with Gasteiger partial charge in [0.1, 0.15) is 30.4 Å². The van der Waals surface area contributed by atoms with E-state index >= 15 is 0 Å². The highest BCUT2D eigenvalue weighted by atomic mass is 16.6. The fourth-order valence-electron chi connectivity index (χ4n) is 7.10. The number of nitrogens with zero attached hydrogens (tertiary/aromatic N) is 5. The van der Waals surface area contributed by atoms with Gasteiger partial charge in [-0.1, -0.05) is 19.8 Å². The van der Waals surface area contributed by atoms with Crippen LogP contribution in [0.5, 0.6) is 0 Å². The Bertz CT molecular complexity index is 1230. The molecule has 4 fully saturated rings. The number of rotatable bonds is 11. The minimum atomic E-state index is -0.566. The zero-order valence-corrected chi connectivity index (χ0v) is 28.8. The van der Waals surface area contributed by atoms with E-state index in [0.29, 0.717) is 68.5 Å². The molecular formula is C35H56N6O5. The molecule has 0 unspecified atom stereocenters. The Morgan fingerprint density at radius 1 is 1.11 bits per heavy atom. The van der Waals surface area contributed by atoms with Crippen molar-refractivity contribution >= 4 is 30.3 Å². The van der Waals surface area contributed by atoms with Crippen molar-refractivity contribution in [1.82, 2.24) is 14.7 Å². The maximum atomic E-state index is 13.6. The molecule has 11 nitrogen and oxygen atoms in total. The molecule has 0 aromatic heterocycles. The summed E-state index contributed by atoms with van der Waals surface area (Å²) in [6, 6.07) is 0.258. The quantitative estimate of drug-likeness (QED) is 0.193. The van der Waals surface area contributed by atoms with Crippen molar-refractivity contribution in [1.29, 1.82) is 0 Å². The van der Waals surface area contributed by atoms with Crippen LogP contribution in [-0.2, 0) is 19.1 Å². The SMILES string of the molecule is C=N/C(=C\C(=NCC(=O)/C(CCC)=C(\N)[C@H]1CCCCC1=O)OC[C@@H]1CCCN1C)N1CCN(C(=O)OC(C)(C)C)C2(CCC2)C1. The molecule has 256 valence electrons. The minimum Gasteiger partial charge on any atom is -0.476 e. The first-order valence-corrected chi connectivity index (χ1v) is 17.2. The normalized spacial score (nSPS) is 24.8. The number of amides is 1. The summed E-state index contributed by atoms with van der Waals surface area (Å²) in [7, 11) is 2.09. The fourth-order valence-corrected chi connectivity index (χ4v) is 7.10. The topological polar surface area (TPSA) is 130 Å². The lowest BCUT2D eigenvalue weighted by Gasteiger charge is -2.55. The lowest BCUT2D eigenvalue weighted by atomic mass is 9.74. The third-order valence-corrected chi connectivity index (χ3v) is 9.88. The highest BCUT2D eigenvalue weighted by Crippen LogP contribution is 2.42. The number of ether oxygens (including phenoxy) is 2. The molecule has 1 amide bonds. The van der Waals surface area contributed by atoms with Gasteiger partial charge in [-0.15, -0.1) is 0 Å². The summed E-state index contributed by atoms with van der Waals surface area (Å²) in [5, 5.41) is 0. The van der Waals surface area contributed by atoms with E-state index in [0.717, 1.165) is 57.9 Å². The summed E-state index contributed by atoms with van der Waals surface area (Å²) in [6.45, 7) is 14.5. The van der Waals surface area contributed by atoms with Gasteiger partial charge in [-0.2, -0.15) is 0 Å². The zero-order chi connectivity index (χ0) is 33.5. The second-order valence-electron chi connectivity index (χ2n) is 14.4. The van der Waals surface area contributed by atoms with Crippen molar-refractivity contribution in [2.75, 3.05) is 46.4 Å². The van der Waals surface area contributed by atoms with E-state index in [-0.39, 0.29) is 41.7 Å². The monoisotopic (exact) mass is 640 g/mol. The second kappa shape index (κ2) is 15.6. The standard InChI is InChI=1S/C35H56N6O5/c1-7-12-26(32(36)27-14-8-9-15-28(27)42)29(43)22-38-31(45-23-25-13-10-18-39(25)6)21-30(37-5)40-19-20-41(33(44)46-34(2,3)4)35(24-40)16-11-17-35/h21,25,27H,5,7-20,22-24,36H2,1-4,6H3/b30-21+,32-26-,38-31?/t25-,27-/m0/s1. The van der Waals surface area contributed by atoms with Gasteiger partial charge < -0.3 is 25.0 Å². The van der Waals surface area contributed by atoms with Crippen LogP contribution >= 0.6 is 0 Å². The van der Waals surface area contributed by atoms with Crippen LogP contribution in [0.1, 0.15) is 98.3 Å². The van der Waals surface area contributed by atoms with E-state index in [9.17, 15) is 14.4 Å². The summed E-state index contributed by atoms with van der Waals surface area (Å²) >= 11 is 0. The van der Waals surface area contributed by atoms with Gasteiger partial charge in [-0.25, -0.2) is 14.8 Å². The van der Waals surface area contributed by atoms with Gasteiger partial charge in [0.05, 0.1) is 11.5 Å². The van der Waals surface area contributed by atoms with Crippen LogP contribution in [0, 0.1) is 5.92 Å². The first-order chi connectivity index (χ1) is 21.9. The molecule has 0 bridgehead atoms. The van der Waals surface area contributed by atoms with Crippen molar-refractivity contribution in [2.24, 2.45) is 21.6 Å². The molecule has 4 aliphatic rings. The molecule has 0 aromatic carbocycles. The fraction of sp³-hybridized carbons (Fsp3) is 0.743. The van der Waals surface area contributed by atoms with Crippen molar-refractivity contribution in [3.8, 4) is 0 Å². The molecule has 2 N–H and O–H groups in total. The molecule has 0 radical (unpaired) electrons. The Balaban J connectivity index is 1.56. The lowest BCUT2D eigenvalue weighted by molar-refractivity contribution is -0.123. The van der Waals surface area contributed by atoms with Gasteiger partial charge in [0.25, 0.3) is 0 Å². The molecule has 4 rings (SSSR count). The summed E-state index contributed by atoms with van der Waals surface area (Å²) in [5.41, 5.74) is 6.56. The number of hydrogen-bond donors (Lipinski definition) is 1. The predicted molar refractivity (Wildman–Crippen MR) is 181 cm³/mol. The van der Waals surface area contributed by atoms with Crippen LogP contribution in [0.25, 0.3) is 0 Å². The first kappa shape index (κ1) is 35.6. The minimum absolute atomic E-state index is 0.124. The average molecular weight is 641 g/mol. The Kier molecular flexibility index (Phi) is 12.1. The van der Waals surface area contributed by atoms with E-state index in [4.69, 9.17) is 15.2 Å². The van der Waals surface area contributed by atoms with E-state index in [1.807, 2.05) is 32.6 Å². The van der Waals surface area contributed by atoms with Crippen molar-refractivity contribution in [3.05, 3.63) is 23.2 Å². The van der Waals surface area contributed by atoms with Crippen LogP contribution in [-0.4, -0.2) is 109 Å². The molecule has 1 spiro atoms. The number of ketones is 2. The Morgan fingerprint density at radius 2 is 1.87 bits per heavy atom. The van der Waals surface area contributed by atoms with E-state index in [1.54, 1.807) is 6.08 Å². The van der Waals surface area contributed by atoms with Crippen molar-refractivity contribution < 1.29 is 23.9 Å². The maximum Gasteiger partial charge on any atom is 0.410 e. The number of aliphatic imine (C=N–C) groups is 2. The summed E-state index contributed by atoms with van der Waals surface area (Å²) in [5.74, 6) is 0.470. The predicted octanol–water partition coefficient (Wildman–Crippen LogP) is 4.85. The molecule has 2 saturated carbocycles. The molecule has 11 heteroatoms. The van der Waals surface area contributed by atoms with Crippen molar-refractivity contribution in [3.63, 3.8) is 0 Å². The Labute approximate surface area is 275 Å². The molecule has 2 aliphatic carbocycles. The molecule has 2 heterocycles. The van der Waals surface area contributed by atoms with Gasteiger partial charge in [0.2, 0.25) is 5.90 Å². The van der Waals surface area contributed by atoms with Gasteiger partial charge >= 0.3 is 6.09 Å². The van der Waals surface area contributed by atoms with Crippen molar-refractivity contribution in [2.45, 2.75) is 116 Å². The van der Waals surface area contributed by atoms with Gasteiger partial charge in [-0.05, 0) is 92.4 Å². The average Bonchev–Trinajstić information content (AvgIpc) is 3.41. The van der Waals surface area contributed by atoms with Gasteiger partial charge in [0, 0.05) is 49.4 Å². The van der Waals surface area contributed by atoms with Gasteiger partial charge in [-0.3, -0.25) is 14.5 Å². The number of likely N-dealkylation sites (N-methyl/N-ethyl adjacent to an activating group) is 1. The van der Waals surface area contributed by atoms with Crippen LogP contribution in [0.2, 0.25) is 0 Å². The number of likely N-dealkylation sites (tertiary alicyclic amines) is 1. The highest BCUT2D eigenvalue weighted by Gasteiger charge is 2.50. The molecule has 2 aliphatic heterocycles. The molecule has 0 aromatic rings. The molecule has 2 atom stereocenters. The van der Waals surface area contributed by atoms with E-state index < -0.39 is 5.60 Å². The molecule has 46 heavy (non-hydrogen) atoms. The highest BCUT2D eigenvalue weighted by molar-refractivity contribution is 6.00. The summed E-state index contributed by atoms with van der Waals surface area (Å²) < 4.78 is 12.0. The Morgan fingerprint density at radius 3 is 2.46 bits per heavy atom. The third-order valence-electron chi connectivity index (χ3n) is 9.88. The number of carbonyl (C=O) groups is 3. The lowest BCUT2D eigenvalue weighted by Crippen LogP contribution is -2.67. The van der Waals surface area contributed by atoms with Crippen LogP contribution in [0.4, 0.5) is 4.79 Å². The smallest absolute Gasteiger partial charge is 0.410 e. The number of carbonyl (C=O) groups excluding carboxylic acids is 3. The molecule has 2 saturated heterocycles. The second-order valence-corrected chi connectivity index (χ2v) is 14.4. The number of hydrogen-bond acceptors (Lipinski definition) is 10. The van der Waals surface area contributed by atoms with Gasteiger partial charge in [0.15, 0.2) is 5.78 Å². The number of allylic oxidation sites excluding steroid dienone is 1. The number of piperazine rings is 1. The van der Waals surface area contributed by atoms with Crippen LogP contribution < -0.4 is 5.73 Å². The largest absolute Gasteiger partial charge is 0.476 e. The van der Waals surface area contributed by atoms with Crippen LogP contribution in [0.15, 0.2) is 33.2 Å². The Hall–Kier alpha value is -3.21.